The molecule has 0 N–H and O–H groups in total. The summed E-state index contributed by atoms with van der Waals surface area (Å²) in [6.45, 7) is 0. The summed E-state index contributed by atoms with van der Waals surface area (Å²) in [7, 11) is 0. The Morgan fingerprint density at radius 2 is 0.942 bits per heavy atom. The molecule has 2 nitrogen and oxygen atoms in total. The van der Waals surface area contributed by atoms with Crippen LogP contribution in [0.15, 0.2) is 205 Å². The van der Waals surface area contributed by atoms with E-state index in [0.717, 1.165) is 50.1 Å². The van der Waals surface area contributed by atoms with Crippen LogP contribution in [0.2, 0.25) is 0 Å². The number of benzene rings is 9. The monoisotopic (exact) mass is 663 g/mol. The second-order valence-corrected chi connectivity index (χ2v) is 13.3. The van der Waals surface area contributed by atoms with E-state index in [4.69, 9.17) is 4.42 Å². The normalized spacial score (nSPS) is 11.5. The quantitative estimate of drug-likeness (QED) is 0.176. The van der Waals surface area contributed by atoms with Gasteiger partial charge in [-0.3, -0.25) is 0 Å². The highest BCUT2D eigenvalue weighted by Gasteiger charge is 2.19. The molecule has 0 bridgehead atoms. The van der Waals surface area contributed by atoms with Gasteiger partial charge in [0.2, 0.25) is 0 Å². The lowest BCUT2D eigenvalue weighted by atomic mass is 9.97. The molecule has 0 amide bonds. The standard InChI is InChI=1S/C50H33NO/c1-2-13-37-31-40(24-23-34(37)11-1)45-18-5-7-21-48(45)51(41-28-25-36(26-29-41)44-20-10-14-35-12-3-4-17-43(35)44)42-16-9-15-38(32-42)39-27-30-50-47(33-39)46-19-6-8-22-49(46)52-50/h1-33H. The predicted octanol–water partition coefficient (Wildman–Crippen LogP) is 14.4. The van der Waals surface area contributed by atoms with Gasteiger partial charge in [-0.05, 0) is 104 Å². The van der Waals surface area contributed by atoms with Crippen molar-refractivity contribution in [1.82, 2.24) is 0 Å². The van der Waals surface area contributed by atoms with Gasteiger partial charge < -0.3 is 9.32 Å². The number of para-hydroxylation sites is 2. The Morgan fingerprint density at radius 1 is 0.308 bits per heavy atom. The summed E-state index contributed by atoms with van der Waals surface area (Å²) < 4.78 is 6.16. The van der Waals surface area contributed by atoms with E-state index in [1.54, 1.807) is 0 Å². The Kier molecular flexibility index (Phi) is 7.18. The van der Waals surface area contributed by atoms with Gasteiger partial charge in [-0.1, -0.05) is 146 Å². The van der Waals surface area contributed by atoms with Crippen molar-refractivity contribution >= 4 is 60.5 Å². The van der Waals surface area contributed by atoms with E-state index in [1.165, 1.54) is 43.8 Å². The molecule has 0 atom stereocenters. The minimum absolute atomic E-state index is 0.901. The van der Waals surface area contributed by atoms with Gasteiger partial charge in [-0.2, -0.15) is 0 Å². The first-order valence-electron chi connectivity index (χ1n) is 17.8. The van der Waals surface area contributed by atoms with Gasteiger partial charge in [-0.25, -0.2) is 0 Å². The molecule has 1 heterocycles. The van der Waals surface area contributed by atoms with Crippen molar-refractivity contribution in [2.75, 3.05) is 4.90 Å². The smallest absolute Gasteiger partial charge is 0.135 e. The molecule has 244 valence electrons. The van der Waals surface area contributed by atoms with Crippen LogP contribution in [0.3, 0.4) is 0 Å². The van der Waals surface area contributed by atoms with Gasteiger partial charge in [0.1, 0.15) is 11.2 Å². The van der Waals surface area contributed by atoms with E-state index >= 15 is 0 Å². The summed E-state index contributed by atoms with van der Waals surface area (Å²) in [5, 5.41) is 7.22. The molecule has 10 aromatic rings. The van der Waals surface area contributed by atoms with Crippen LogP contribution >= 0.6 is 0 Å². The largest absolute Gasteiger partial charge is 0.456 e. The molecule has 0 aliphatic heterocycles. The maximum atomic E-state index is 6.16. The van der Waals surface area contributed by atoms with Crippen molar-refractivity contribution in [2.45, 2.75) is 0 Å². The zero-order chi connectivity index (χ0) is 34.4. The lowest BCUT2D eigenvalue weighted by Gasteiger charge is -2.28. The van der Waals surface area contributed by atoms with E-state index in [-0.39, 0.29) is 0 Å². The van der Waals surface area contributed by atoms with Crippen molar-refractivity contribution in [1.29, 1.82) is 0 Å². The summed E-state index contributed by atoms with van der Waals surface area (Å²) >= 11 is 0. The molecular weight excluding hydrogens is 631 g/mol. The molecule has 0 fully saturated rings. The van der Waals surface area contributed by atoms with Gasteiger partial charge in [0, 0.05) is 27.7 Å². The molecule has 0 spiro atoms. The van der Waals surface area contributed by atoms with Crippen LogP contribution in [-0.4, -0.2) is 0 Å². The molecule has 0 radical (unpaired) electrons. The number of furan rings is 1. The lowest BCUT2D eigenvalue weighted by molar-refractivity contribution is 0.669. The summed E-state index contributed by atoms with van der Waals surface area (Å²) in [4.78, 5) is 2.40. The van der Waals surface area contributed by atoms with E-state index in [9.17, 15) is 0 Å². The van der Waals surface area contributed by atoms with Crippen LogP contribution in [0.4, 0.5) is 17.1 Å². The Bertz CT molecular complexity index is 2910. The Morgan fingerprint density at radius 3 is 1.85 bits per heavy atom. The van der Waals surface area contributed by atoms with Crippen molar-refractivity contribution in [3.63, 3.8) is 0 Å². The molecule has 52 heavy (non-hydrogen) atoms. The van der Waals surface area contributed by atoms with Crippen LogP contribution in [0, 0.1) is 0 Å². The first-order chi connectivity index (χ1) is 25.8. The summed E-state index contributed by atoms with van der Waals surface area (Å²) in [5.41, 5.74) is 12.2. The Balaban J connectivity index is 1.13. The van der Waals surface area contributed by atoms with Crippen LogP contribution in [0.1, 0.15) is 0 Å². The van der Waals surface area contributed by atoms with Crippen molar-refractivity contribution in [2.24, 2.45) is 0 Å². The molecule has 0 saturated heterocycles. The first kappa shape index (κ1) is 30.0. The number of anilines is 3. The number of fused-ring (bicyclic) bond motifs is 5. The molecule has 10 rings (SSSR count). The molecular formula is C50H33NO. The topological polar surface area (TPSA) is 16.4 Å². The average Bonchev–Trinajstić information content (AvgIpc) is 3.59. The molecule has 2 heteroatoms. The molecule has 9 aromatic carbocycles. The molecule has 1 aromatic heterocycles. The van der Waals surface area contributed by atoms with Crippen LogP contribution in [0.5, 0.6) is 0 Å². The third-order valence-corrected chi connectivity index (χ3v) is 10.2. The second kappa shape index (κ2) is 12.5. The number of hydrogen-bond acceptors (Lipinski definition) is 2. The summed E-state index contributed by atoms with van der Waals surface area (Å²) in [6.07, 6.45) is 0. The van der Waals surface area contributed by atoms with Gasteiger partial charge in [-0.15, -0.1) is 0 Å². The average molecular weight is 664 g/mol. The minimum atomic E-state index is 0.901. The maximum absolute atomic E-state index is 6.16. The van der Waals surface area contributed by atoms with E-state index in [2.05, 4.69) is 193 Å². The van der Waals surface area contributed by atoms with Crippen molar-refractivity contribution in [3.8, 4) is 33.4 Å². The molecule has 0 aliphatic rings. The Labute approximate surface area is 302 Å². The number of hydrogen-bond donors (Lipinski definition) is 0. The highest BCUT2D eigenvalue weighted by atomic mass is 16.3. The van der Waals surface area contributed by atoms with E-state index < -0.39 is 0 Å². The highest BCUT2D eigenvalue weighted by Crippen LogP contribution is 2.43. The summed E-state index contributed by atoms with van der Waals surface area (Å²) in [5.74, 6) is 0. The molecule has 0 aliphatic carbocycles. The molecule has 0 saturated carbocycles. The molecule has 0 unspecified atom stereocenters. The third-order valence-electron chi connectivity index (χ3n) is 10.2. The zero-order valence-corrected chi connectivity index (χ0v) is 28.4. The van der Waals surface area contributed by atoms with Crippen molar-refractivity contribution < 1.29 is 4.42 Å². The number of nitrogens with zero attached hydrogens (tertiary/aromatic N) is 1. The minimum Gasteiger partial charge on any atom is -0.456 e. The first-order valence-corrected chi connectivity index (χ1v) is 17.8. The number of rotatable bonds is 6. The van der Waals surface area contributed by atoms with Crippen molar-refractivity contribution in [3.05, 3.63) is 200 Å². The van der Waals surface area contributed by atoms with Gasteiger partial charge >= 0.3 is 0 Å². The fourth-order valence-corrected chi connectivity index (χ4v) is 7.69. The van der Waals surface area contributed by atoms with Gasteiger partial charge in [0.25, 0.3) is 0 Å². The van der Waals surface area contributed by atoms with Gasteiger partial charge in [0.05, 0.1) is 5.69 Å². The predicted molar refractivity (Wildman–Crippen MR) is 220 cm³/mol. The summed E-state index contributed by atoms with van der Waals surface area (Å²) in [6, 6.07) is 71.9. The highest BCUT2D eigenvalue weighted by molar-refractivity contribution is 6.06. The second-order valence-electron chi connectivity index (χ2n) is 13.3. The fraction of sp³-hybridized carbons (Fsp3) is 0. The SMILES string of the molecule is c1cc(-c2ccc3oc4ccccc4c3c2)cc(N(c2ccc(-c3cccc4ccccc34)cc2)c2ccccc2-c2ccc3ccccc3c2)c1. The Hall–Kier alpha value is -6.90. The van der Waals surface area contributed by atoms with Crippen LogP contribution in [0.25, 0.3) is 76.9 Å². The van der Waals surface area contributed by atoms with Gasteiger partial charge in [0.15, 0.2) is 0 Å². The maximum Gasteiger partial charge on any atom is 0.135 e. The fourth-order valence-electron chi connectivity index (χ4n) is 7.69. The van der Waals surface area contributed by atoms with Crippen LogP contribution in [-0.2, 0) is 0 Å². The van der Waals surface area contributed by atoms with E-state index in [0.29, 0.717) is 0 Å². The third kappa shape index (κ3) is 5.21. The lowest BCUT2D eigenvalue weighted by Crippen LogP contribution is -2.11. The van der Waals surface area contributed by atoms with E-state index in [1.807, 2.05) is 12.1 Å². The van der Waals surface area contributed by atoms with Crippen LogP contribution < -0.4 is 4.90 Å². The zero-order valence-electron chi connectivity index (χ0n) is 28.4.